The van der Waals surface area contributed by atoms with E-state index in [4.69, 9.17) is 5.73 Å². The van der Waals surface area contributed by atoms with Crippen LogP contribution < -0.4 is 5.73 Å². The highest BCUT2D eigenvalue weighted by Gasteiger charge is 2.35. The van der Waals surface area contributed by atoms with Crippen LogP contribution in [0.2, 0.25) is 0 Å². The van der Waals surface area contributed by atoms with Crippen molar-refractivity contribution in [2.75, 3.05) is 11.6 Å². The van der Waals surface area contributed by atoms with Crippen LogP contribution in [-0.2, 0) is 6.54 Å². The first-order valence-corrected chi connectivity index (χ1v) is 6.58. The maximum absolute atomic E-state index is 6.33. The van der Waals surface area contributed by atoms with Gasteiger partial charge in [0, 0.05) is 30.3 Å². The third-order valence-electron chi connectivity index (χ3n) is 3.46. The van der Waals surface area contributed by atoms with Crippen LogP contribution in [0.3, 0.4) is 0 Å². The monoisotopic (exact) mass is 220 g/mol. The Morgan fingerprint density at radius 3 is 3.20 bits per heavy atom. The Balaban J connectivity index is 2.04. The number of fused-ring (bicyclic) bond motifs is 2. The molecule has 80 valence electrons. The van der Waals surface area contributed by atoms with Crippen LogP contribution in [0.25, 0.3) is 0 Å². The van der Waals surface area contributed by atoms with Crippen LogP contribution in [-0.4, -0.2) is 22.6 Å². The molecule has 0 aromatic heterocycles. The average molecular weight is 220 g/mol. The number of hydrogen-bond donors (Lipinski definition) is 1. The van der Waals surface area contributed by atoms with Crippen LogP contribution in [0.1, 0.15) is 22.7 Å². The topological polar surface area (TPSA) is 29.3 Å². The zero-order valence-corrected chi connectivity index (χ0v) is 9.76. The zero-order chi connectivity index (χ0) is 10.4. The molecule has 0 bridgehead atoms. The van der Waals surface area contributed by atoms with Crippen molar-refractivity contribution in [3.63, 3.8) is 0 Å². The summed E-state index contributed by atoms with van der Waals surface area (Å²) in [6.07, 6.45) is 0. The lowest BCUT2D eigenvalue weighted by Gasteiger charge is -2.35. The van der Waals surface area contributed by atoms with Gasteiger partial charge in [-0.15, -0.1) is 11.8 Å². The van der Waals surface area contributed by atoms with E-state index in [0.717, 1.165) is 12.4 Å². The highest BCUT2D eigenvalue weighted by atomic mass is 32.2. The van der Waals surface area contributed by atoms with Crippen molar-refractivity contribution in [2.24, 2.45) is 5.73 Å². The van der Waals surface area contributed by atoms with Gasteiger partial charge >= 0.3 is 0 Å². The smallest absolute Gasteiger partial charge is 0.0464 e. The van der Waals surface area contributed by atoms with Gasteiger partial charge in [-0.3, -0.25) is 4.90 Å². The van der Waals surface area contributed by atoms with Crippen molar-refractivity contribution in [3.05, 3.63) is 34.9 Å². The number of nitrogens with two attached hydrogens (primary N) is 1. The minimum Gasteiger partial charge on any atom is -0.323 e. The molecule has 0 amide bonds. The van der Waals surface area contributed by atoms with Gasteiger partial charge in [-0.05, 0) is 18.1 Å². The quantitative estimate of drug-likeness (QED) is 0.724. The Hall–Kier alpha value is -0.510. The molecule has 1 fully saturated rings. The molecular formula is C12H16N2S. The summed E-state index contributed by atoms with van der Waals surface area (Å²) < 4.78 is 0. The van der Waals surface area contributed by atoms with Crippen LogP contribution in [0.5, 0.6) is 0 Å². The van der Waals surface area contributed by atoms with Crippen LogP contribution in [0.15, 0.2) is 18.2 Å². The van der Waals surface area contributed by atoms with Gasteiger partial charge in [0.1, 0.15) is 0 Å². The molecule has 2 aliphatic rings. The molecule has 1 unspecified atom stereocenters. The van der Waals surface area contributed by atoms with E-state index >= 15 is 0 Å². The second-order valence-electron chi connectivity index (χ2n) is 4.54. The van der Waals surface area contributed by atoms with Gasteiger partial charge in [-0.1, -0.05) is 23.8 Å². The van der Waals surface area contributed by atoms with E-state index in [1.54, 1.807) is 0 Å². The summed E-state index contributed by atoms with van der Waals surface area (Å²) in [4.78, 5) is 2.51. The summed E-state index contributed by atoms with van der Waals surface area (Å²) >= 11 is 2.00. The van der Waals surface area contributed by atoms with E-state index in [2.05, 4.69) is 30.0 Å². The number of hydrogen-bond acceptors (Lipinski definition) is 3. The van der Waals surface area contributed by atoms with Crippen LogP contribution in [0.4, 0.5) is 0 Å². The highest BCUT2D eigenvalue weighted by molar-refractivity contribution is 7.99. The Morgan fingerprint density at radius 1 is 1.47 bits per heavy atom. The molecule has 3 rings (SSSR count). The summed E-state index contributed by atoms with van der Waals surface area (Å²) in [5.74, 6) is 2.33. The average Bonchev–Trinajstić information content (AvgIpc) is 2.65. The molecule has 0 aliphatic carbocycles. The van der Waals surface area contributed by atoms with E-state index in [1.165, 1.54) is 22.4 Å². The number of nitrogens with zero attached hydrogens (tertiary/aromatic N) is 1. The highest BCUT2D eigenvalue weighted by Crippen LogP contribution is 2.36. The predicted molar refractivity (Wildman–Crippen MR) is 64.8 cm³/mol. The second-order valence-corrected chi connectivity index (χ2v) is 5.54. The van der Waals surface area contributed by atoms with Gasteiger partial charge < -0.3 is 5.73 Å². The molecule has 1 saturated heterocycles. The van der Waals surface area contributed by atoms with E-state index in [1.807, 2.05) is 11.8 Å². The third-order valence-corrected chi connectivity index (χ3v) is 4.55. The molecule has 0 radical (unpaired) electrons. The molecular weight excluding hydrogens is 204 g/mol. The fraction of sp³-hybridized carbons (Fsp3) is 0.500. The standard InChI is InChI=1S/C12H16N2S/c1-8-2-3-10-9(4-8)5-14-7-15-6-11(14)12(10)13/h2-4,11-12H,5-7,13H2,1H3/t11-,12?/m1/s1. The number of thioether (sulfide) groups is 1. The van der Waals surface area contributed by atoms with Gasteiger partial charge in [-0.25, -0.2) is 0 Å². The first-order valence-electron chi connectivity index (χ1n) is 5.42. The zero-order valence-electron chi connectivity index (χ0n) is 8.94. The van der Waals surface area contributed by atoms with Crippen molar-refractivity contribution < 1.29 is 0 Å². The third kappa shape index (κ3) is 1.50. The lowest BCUT2D eigenvalue weighted by molar-refractivity contribution is 0.207. The first kappa shape index (κ1) is 9.70. The maximum atomic E-state index is 6.33. The summed E-state index contributed by atoms with van der Waals surface area (Å²) in [7, 11) is 0. The second kappa shape index (κ2) is 3.51. The molecule has 1 aromatic carbocycles. The maximum Gasteiger partial charge on any atom is 0.0464 e. The largest absolute Gasteiger partial charge is 0.323 e. The van der Waals surface area contributed by atoms with Gasteiger partial charge in [0.15, 0.2) is 0 Å². The van der Waals surface area contributed by atoms with Crippen molar-refractivity contribution in [1.82, 2.24) is 4.90 Å². The molecule has 15 heavy (non-hydrogen) atoms. The lowest BCUT2D eigenvalue weighted by Crippen LogP contribution is -2.43. The normalized spacial score (nSPS) is 30.0. The van der Waals surface area contributed by atoms with Gasteiger partial charge in [-0.2, -0.15) is 0 Å². The van der Waals surface area contributed by atoms with Crippen molar-refractivity contribution in [1.29, 1.82) is 0 Å². The fourth-order valence-corrected chi connectivity index (χ4v) is 3.89. The number of rotatable bonds is 0. The van der Waals surface area contributed by atoms with E-state index in [0.29, 0.717) is 6.04 Å². The Kier molecular flexibility index (Phi) is 2.27. The molecule has 2 aliphatic heterocycles. The van der Waals surface area contributed by atoms with Gasteiger partial charge in [0.2, 0.25) is 0 Å². The van der Waals surface area contributed by atoms with Gasteiger partial charge in [0.25, 0.3) is 0 Å². The lowest BCUT2D eigenvalue weighted by atomic mass is 9.90. The Morgan fingerprint density at radius 2 is 2.33 bits per heavy atom. The minimum absolute atomic E-state index is 0.212. The Labute approximate surface area is 94.8 Å². The van der Waals surface area contributed by atoms with Crippen LogP contribution in [0, 0.1) is 6.92 Å². The van der Waals surface area contributed by atoms with E-state index in [-0.39, 0.29) is 6.04 Å². The van der Waals surface area contributed by atoms with Gasteiger partial charge in [0.05, 0.1) is 0 Å². The molecule has 2 atom stereocenters. The summed E-state index contributed by atoms with van der Waals surface area (Å²) in [5.41, 5.74) is 10.5. The van der Waals surface area contributed by atoms with Crippen LogP contribution >= 0.6 is 11.8 Å². The Bertz CT molecular complexity index is 391. The van der Waals surface area contributed by atoms with Crippen molar-refractivity contribution >= 4 is 11.8 Å². The minimum atomic E-state index is 0.212. The van der Waals surface area contributed by atoms with E-state index in [9.17, 15) is 0 Å². The molecule has 2 heterocycles. The molecule has 1 aromatic rings. The summed E-state index contributed by atoms with van der Waals surface area (Å²) in [5, 5.41) is 0. The number of aryl methyl sites for hydroxylation is 1. The van der Waals surface area contributed by atoms with Crippen molar-refractivity contribution in [3.8, 4) is 0 Å². The molecule has 3 heteroatoms. The summed E-state index contributed by atoms with van der Waals surface area (Å²) in [6, 6.07) is 7.45. The van der Waals surface area contributed by atoms with Crippen molar-refractivity contribution in [2.45, 2.75) is 25.6 Å². The van der Waals surface area contributed by atoms with E-state index < -0.39 is 0 Å². The summed E-state index contributed by atoms with van der Waals surface area (Å²) in [6.45, 7) is 3.24. The predicted octanol–water partition coefficient (Wildman–Crippen LogP) is 1.88. The molecule has 2 N–H and O–H groups in total. The molecule has 0 saturated carbocycles. The fourth-order valence-electron chi connectivity index (χ4n) is 2.61. The molecule has 0 spiro atoms. The molecule has 2 nitrogen and oxygen atoms in total. The first-order chi connectivity index (χ1) is 7.25. The number of benzene rings is 1. The SMILES string of the molecule is Cc1ccc2c(c1)CN1CSC[C@@H]1C2N.